The van der Waals surface area contributed by atoms with E-state index in [2.05, 4.69) is 21.3 Å². The van der Waals surface area contributed by atoms with Crippen LogP contribution in [-0.2, 0) is 9.59 Å². The van der Waals surface area contributed by atoms with Crippen LogP contribution < -0.4 is 21.3 Å². The molecule has 0 radical (unpaired) electrons. The second-order valence-electron chi connectivity index (χ2n) is 6.42. The van der Waals surface area contributed by atoms with E-state index in [1.807, 2.05) is 0 Å². The van der Waals surface area contributed by atoms with Gasteiger partial charge in [0.05, 0.1) is 32.6 Å². The number of amides is 2. The molecule has 0 aromatic heterocycles. The van der Waals surface area contributed by atoms with Crippen LogP contribution in [-0.4, -0.2) is 35.8 Å². The van der Waals surface area contributed by atoms with Crippen LogP contribution in [0.5, 0.6) is 0 Å². The van der Waals surface area contributed by atoms with Crippen molar-refractivity contribution >= 4 is 45.9 Å². The first-order valence-corrected chi connectivity index (χ1v) is 9.27. The van der Waals surface area contributed by atoms with Gasteiger partial charge in [-0.1, -0.05) is 0 Å². The van der Waals surface area contributed by atoms with Crippen molar-refractivity contribution in [2.75, 3.05) is 35.4 Å². The van der Waals surface area contributed by atoms with Gasteiger partial charge in [-0.2, -0.15) is 0 Å². The zero-order chi connectivity index (χ0) is 23.0. The van der Waals surface area contributed by atoms with Crippen LogP contribution in [0.15, 0.2) is 36.4 Å². The molecule has 0 atom stereocenters. The third kappa shape index (κ3) is 6.39. The maximum atomic E-state index is 12.2. The van der Waals surface area contributed by atoms with Gasteiger partial charge in [0.1, 0.15) is 0 Å². The van der Waals surface area contributed by atoms with Crippen LogP contribution in [0, 0.1) is 20.2 Å². The van der Waals surface area contributed by atoms with E-state index in [1.54, 1.807) is 14.1 Å². The molecule has 12 nitrogen and oxygen atoms in total. The Kier molecular flexibility index (Phi) is 7.83. The SMILES string of the molecule is CNc1ccc([N+](=O)[O-])cc1NC(=O)CCCC(=O)Nc1cc([N+](=O)[O-])ccc1NC. The van der Waals surface area contributed by atoms with Crippen LogP contribution in [0.1, 0.15) is 19.3 Å². The second kappa shape index (κ2) is 10.5. The molecule has 0 fully saturated rings. The number of nitrogens with one attached hydrogen (secondary N) is 4. The Morgan fingerprint density at radius 1 is 0.742 bits per heavy atom. The van der Waals surface area contributed by atoms with E-state index in [-0.39, 0.29) is 42.0 Å². The number of hydrogen-bond donors (Lipinski definition) is 4. The van der Waals surface area contributed by atoms with Crippen molar-refractivity contribution in [3.8, 4) is 0 Å². The number of nitro benzene ring substituents is 2. The smallest absolute Gasteiger partial charge is 0.271 e. The Labute approximate surface area is 177 Å². The van der Waals surface area contributed by atoms with Crippen molar-refractivity contribution in [1.82, 2.24) is 0 Å². The van der Waals surface area contributed by atoms with E-state index in [9.17, 15) is 29.8 Å². The molecular formula is C19H22N6O6. The lowest BCUT2D eigenvalue weighted by Crippen LogP contribution is -2.16. The molecule has 0 aliphatic carbocycles. The van der Waals surface area contributed by atoms with Gasteiger partial charge in [-0.05, 0) is 18.6 Å². The molecule has 0 saturated heterocycles. The minimum absolute atomic E-state index is 0.00703. The van der Waals surface area contributed by atoms with E-state index in [0.717, 1.165) is 0 Å². The minimum Gasteiger partial charge on any atom is -0.386 e. The molecule has 2 rings (SSSR count). The molecule has 0 bridgehead atoms. The minimum atomic E-state index is -0.563. The average molecular weight is 430 g/mol. The maximum Gasteiger partial charge on any atom is 0.271 e. The summed E-state index contributed by atoms with van der Waals surface area (Å²) in [5.41, 5.74) is 1.24. The highest BCUT2D eigenvalue weighted by atomic mass is 16.6. The number of rotatable bonds is 10. The van der Waals surface area contributed by atoms with Gasteiger partial charge >= 0.3 is 0 Å². The molecular weight excluding hydrogens is 408 g/mol. The first-order valence-electron chi connectivity index (χ1n) is 9.27. The molecule has 0 aliphatic rings. The molecule has 4 N–H and O–H groups in total. The van der Waals surface area contributed by atoms with Crippen molar-refractivity contribution in [1.29, 1.82) is 0 Å². The van der Waals surface area contributed by atoms with E-state index >= 15 is 0 Å². The number of hydrogen-bond acceptors (Lipinski definition) is 8. The fourth-order valence-corrected chi connectivity index (χ4v) is 2.77. The van der Waals surface area contributed by atoms with Gasteiger partial charge in [-0.3, -0.25) is 29.8 Å². The number of carbonyl (C=O) groups excluding carboxylic acids is 2. The summed E-state index contributed by atoms with van der Waals surface area (Å²) >= 11 is 0. The summed E-state index contributed by atoms with van der Waals surface area (Å²) in [7, 11) is 3.24. The summed E-state index contributed by atoms with van der Waals surface area (Å²) in [5.74, 6) is -0.813. The standard InChI is InChI=1S/C19H22N6O6/c1-20-14-8-6-12(24(28)29)10-16(14)22-18(26)4-3-5-19(27)23-17-11-13(25(30)31)7-9-15(17)21-2/h6-11,20-21H,3-5H2,1-2H3,(H,22,26)(H,23,27). The Bertz CT molecular complexity index is 930. The monoisotopic (exact) mass is 430 g/mol. The number of non-ortho nitro benzene ring substituents is 2. The lowest BCUT2D eigenvalue weighted by Gasteiger charge is -2.12. The van der Waals surface area contributed by atoms with E-state index < -0.39 is 21.7 Å². The molecule has 2 amide bonds. The highest BCUT2D eigenvalue weighted by Gasteiger charge is 2.15. The lowest BCUT2D eigenvalue weighted by atomic mass is 10.2. The normalized spacial score (nSPS) is 10.1. The Morgan fingerprint density at radius 2 is 1.13 bits per heavy atom. The third-order valence-electron chi connectivity index (χ3n) is 4.32. The summed E-state index contributed by atoms with van der Waals surface area (Å²) in [4.78, 5) is 45.1. The number of nitro groups is 2. The van der Waals surface area contributed by atoms with Gasteiger partial charge in [0.15, 0.2) is 0 Å². The van der Waals surface area contributed by atoms with Crippen LogP contribution >= 0.6 is 0 Å². The van der Waals surface area contributed by atoms with Crippen LogP contribution in [0.4, 0.5) is 34.1 Å². The van der Waals surface area contributed by atoms with E-state index in [0.29, 0.717) is 11.4 Å². The Morgan fingerprint density at radius 3 is 1.45 bits per heavy atom. The molecule has 0 saturated carbocycles. The van der Waals surface area contributed by atoms with Crippen molar-refractivity contribution < 1.29 is 19.4 Å². The van der Waals surface area contributed by atoms with Gasteiger partial charge in [-0.15, -0.1) is 0 Å². The molecule has 31 heavy (non-hydrogen) atoms. The fourth-order valence-electron chi connectivity index (χ4n) is 2.77. The molecule has 2 aromatic carbocycles. The quantitative estimate of drug-likeness (QED) is 0.328. The summed E-state index contributed by atoms with van der Waals surface area (Å²) in [6.45, 7) is 0. The number of carbonyl (C=O) groups is 2. The van der Waals surface area contributed by atoms with Crippen molar-refractivity contribution in [3.05, 3.63) is 56.6 Å². The highest BCUT2D eigenvalue weighted by molar-refractivity contribution is 5.96. The van der Waals surface area contributed by atoms with Gasteiger partial charge in [0, 0.05) is 51.2 Å². The molecule has 0 heterocycles. The first-order chi connectivity index (χ1) is 14.7. The van der Waals surface area contributed by atoms with Crippen molar-refractivity contribution in [2.45, 2.75) is 19.3 Å². The summed E-state index contributed by atoms with van der Waals surface area (Å²) < 4.78 is 0. The first kappa shape index (κ1) is 23.1. The third-order valence-corrected chi connectivity index (χ3v) is 4.32. The van der Waals surface area contributed by atoms with E-state index in [1.165, 1.54) is 36.4 Å². The maximum absolute atomic E-state index is 12.2. The van der Waals surface area contributed by atoms with Crippen LogP contribution in [0.2, 0.25) is 0 Å². The van der Waals surface area contributed by atoms with Crippen LogP contribution in [0.3, 0.4) is 0 Å². The van der Waals surface area contributed by atoms with Gasteiger partial charge in [0.2, 0.25) is 11.8 Å². The van der Waals surface area contributed by atoms with Crippen molar-refractivity contribution in [2.24, 2.45) is 0 Å². The van der Waals surface area contributed by atoms with Gasteiger partial charge in [-0.25, -0.2) is 0 Å². The molecule has 12 heteroatoms. The molecule has 164 valence electrons. The summed E-state index contributed by atoms with van der Waals surface area (Å²) in [5, 5.41) is 32.7. The van der Waals surface area contributed by atoms with Crippen LogP contribution in [0.25, 0.3) is 0 Å². The predicted molar refractivity (Wildman–Crippen MR) is 116 cm³/mol. The molecule has 0 spiro atoms. The average Bonchev–Trinajstić information content (AvgIpc) is 2.73. The number of anilines is 4. The number of benzene rings is 2. The van der Waals surface area contributed by atoms with Crippen molar-refractivity contribution in [3.63, 3.8) is 0 Å². The largest absolute Gasteiger partial charge is 0.386 e. The van der Waals surface area contributed by atoms with E-state index in [4.69, 9.17) is 0 Å². The Hall–Kier alpha value is -4.22. The van der Waals surface area contributed by atoms with Gasteiger partial charge < -0.3 is 21.3 Å². The summed E-state index contributed by atoms with van der Waals surface area (Å²) in [6.07, 6.45) is 0.228. The highest BCUT2D eigenvalue weighted by Crippen LogP contribution is 2.28. The number of nitrogens with zero attached hydrogens (tertiary/aromatic N) is 2. The topological polar surface area (TPSA) is 169 Å². The Balaban J connectivity index is 1.92. The second-order valence-corrected chi connectivity index (χ2v) is 6.42. The lowest BCUT2D eigenvalue weighted by molar-refractivity contribution is -0.385. The predicted octanol–water partition coefficient (Wildman–Crippen LogP) is 3.33. The molecule has 0 aliphatic heterocycles. The van der Waals surface area contributed by atoms with Gasteiger partial charge in [0.25, 0.3) is 11.4 Å². The summed E-state index contributed by atoms with van der Waals surface area (Å²) in [6, 6.07) is 8.10. The molecule has 2 aromatic rings. The zero-order valence-corrected chi connectivity index (χ0v) is 16.9. The molecule has 0 unspecified atom stereocenters. The fraction of sp³-hybridized carbons (Fsp3) is 0.263. The zero-order valence-electron chi connectivity index (χ0n) is 16.9.